The maximum Gasteiger partial charge on any atom is 0.244 e. The number of hydrogen-bond donors (Lipinski definition) is 1. The minimum absolute atomic E-state index is 0.172. The molecule has 0 bridgehead atoms. The quantitative estimate of drug-likeness (QED) is 0.631. The van der Waals surface area contributed by atoms with E-state index in [1.54, 1.807) is 25.1 Å². The number of nitrogens with one attached hydrogen (secondary N) is 1. The molecule has 23 heavy (non-hydrogen) atoms. The number of halogens is 2. The van der Waals surface area contributed by atoms with Crippen molar-refractivity contribution < 1.29 is 4.79 Å². The first-order valence-electron chi connectivity index (χ1n) is 7.21. The molecule has 0 saturated carbocycles. The van der Waals surface area contributed by atoms with Crippen LogP contribution in [0.2, 0.25) is 10.0 Å². The van der Waals surface area contributed by atoms with E-state index >= 15 is 0 Å². The molecule has 2 rings (SSSR count). The van der Waals surface area contributed by atoms with Crippen LogP contribution in [0.3, 0.4) is 0 Å². The van der Waals surface area contributed by atoms with Crippen molar-refractivity contribution in [3.05, 3.63) is 68.7 Å². The summed E-state index contributed by atoms with van der Waals surface area (Å²) in [4.78, 5) is 12.1. The first-order valence-corrected chi connectivity index (χ1v) is 7.97. The van der Waals surface area contributed by atoms with Crippen LogP contribution in [-0.2, 0) is 11.2 Å². The number of hydrazone groups is 1. The van der Waals surface area contributed by atoms with Gasteiger partial charge in [-0.2, -0.15) is 5.10 Å². The molecule has 0 aromatic heterocycles. The molecule has 0 aliphatic rings. The fourth-order valence-corrected chi connectivity index (χ4v) is 2.66. The molecule has 0 saturated heterocycles. The average molecular weight is 349 g/mol. The summed E-state index contributed by atoms with van der Waals surface area (Å²) in [6.45, 7) is 5.80. The van der Waals surface area contributed by atoms with E-state index in [0.29, 0.717) is 21.3 Å². The van der Waals surface area contributed by atoms with Crippen molar-refractivity contribution in [3.8, 4) is 0 Å². The summed E-state index contributed by atoms with van der Waals surface area (Å²) in [5.41, 5.74) is 7.13. The normalized spacial score (nSPS) is 11.4. The van der Waals surface area contributed by atoms with E-state index < -0.39 is 0 Å². The number of aryl methyl sites for hydroxylation is 2. The van der Waals surface area contributed by atoms with Crippen molar-refractivity contribution in [2.75, 3.05) is 0 Å². The van der Waals surface area contributed by atoms with E-state index in [1.165, 1.54) is 5.56 Å². The number of hydrogen-bond acceptors (Lipinski definition) is 2. The number of rotatable bonds is 4. The molecule has 120 valence electrons. The van der Waals surface area contributed by atoms with Crippen LogP contribution in [0.5, 0.6) is 0 Å². The second-order valence-corrected chi connectivity index (χ2v) is 6.31. The Balaban J connectivity index is 2.06. The lowest BCUT2D eigenvalue weighted by molar-refractivity contribution is -0.120. The molecular weight excluding hydrogens is 331 g/mol. The van der Waals surface area contributed by atoms with Crippen molar-refractivity contribution >= 4 is 34.8 Å². The Morgan fingerprint density at radius 1 is 1.13 bits per heavy atom. The van der Waals surface area contributed by atoms with Crippen LogP contribution in [-0.4, -0.2) is 11.6 Å². The maximum atomic E-state index is 12.1. The smallest absolute Gasteiger partial charge is 0.244 e. The van der Waals surface area contributed by atoms with Crippen LogP contribution in [0.15, 0.2) is 41.5 Å². The number of amides is 1. The van der Waals surface area contributed by atoms with Gasteiger partial charge in [0.1, 0.15) is 0 Å². The summed E-state index contributed by atoms with van der Waals surface area (Å²) in [6.07, 6.45) is 0.284. The van der Waals surface area contributed by atoms with Gasteiger partial charge in [0, 0.05) is 15.6 Å². The highest BCUT2D eigenvalue weighted by atomic mass is 35.5. The third kappa shape index (κ3) is 4.81. The van der Waals surface area contributed by atoms with Crippen molar-refractivity contribution in [3.63, 3.8) is 0 Å². The molecule has 1 amide bonds. The van der Waals surface area contributed by atoms with Crippen LogP contribution in [0.25, 0.3) is 0 Å². The van der Waals surface area contributed by atoms with Crippen LogP contribution in [0, 0.1) is 13.8 Å². The zero-order valence-corrected chi connectivity index (χ0v) is 14.8. The second-order valence-electron chi connectivity index (χ2n) is 5.46. The van der Waals surface area contributed by atoms with Gasteiger partial charge in [-0.15, -0.1) is 0 Å². The summed E-state index contributed by atoms with van der Waals surface area (Å²) >= 11 is 12.1. The van der Waals surface area contributed by atoms with Crippen LogP contribution in [0.4, 0.5) is 0 Å². The summed E-state index contributed by atoms with van der Waals surface area (Å²) in [5.74, 6) is -0.172. The van der Waals surface area contributed by atoms with Gasteiger partial charge in [0.15, 0.2) is 0 Å². The molecule has 0 fully saturated rings. The van der Waals surface area contributed by atoms with Gasteiger partial charge in [-0.25, -0.2) is 5.43 Å². The highest BCUT2D eigenvalue weighted by molar-refractivity contribution is 6.36. The summed E-state index contributed by atoms with van der Waals surface area (Å²) in [7, 11) is 0. The van der Waals surface area contributed by atoms with Gasteiger partial charge in [-0.05, 0) is 50.1 Å². The maximum absolute atomic E-state index is 12.1. The van der Waals surface area contributed by atoms with Crippen LogP contribution >= 0.6 is 23.2 Å². The van der Waals surface area contributed by atoms with E-state index in [9.17, 15) is 4.79 Å². The standard InChI is InChI=1S/C18H18Cl2N2O/c1-11-4-5-14(12(2)8-11)9-18(23)22-21-13(3)16-10-15(19)6-7-17(16)20/h4-8,10H,9H2,1-3H3,(H,22,23)/b21-13+. The number of carbonyl (C=O) groups is 1. The van der Waals surface area contributed by atoms with Gasteiger partial charge in [-0.3, -0.25) is 4.79 Å². The predicted octanol–water partition coefficient (Wildman–Crippen LogP) is 4.69. The van der Waals surface area contributed by atoms with Gasteiger partial charge in [0.25, 0.3) is 0 Å². The van der Waals surface area contributed by atoms with Gasteiger partial charge in [0.2, 0.25) is 5.91 Å². The van der Waals surface area contributed by atoms with Gasteiger partial charge in [0.05, 0.1) is 12.1 Å². The average Bonchev–Trinajstić information content (AvgIpc) is 2.50. The first-order chi connectivity index (χ1) is 10.9. The van der Waals surface area contributed by atoms with Crippen molar-refractivity contribution in [2.45, 2.75) is 27.2 Å². The highest BCUT2D eigenvalue weighted by Crippen LogP contribution is 2.21. The number of carbonyl (C=O) groups excluding carboxylic acids is 1. The summed E-state index contributed by atoms with van der Waals surface area (Å²) in [6, 6.07) is 11.2. The zero-order valence-electron chi connectivity index (χ0n) is 13.3. The van der Waals surface area contributed by atoms with Crippen molar-refractivity contribution in [1.29, 1.82) is 0 Å². The Morgan fingerprint density at radius 3 is 2.57 bits per heavy atom. The fraction of sp³-hybridized carbons (Fsp3) is 0.222. The highest BCUT2D eigenvalue weighted by Gasteiger charge is 2.08. The zero-order chi connectivity index (χ0) is 17.0. The predicted molar refractivity (Wildman–Crippen MR) is 96.4 cm³/mol. The van der Waals surface area contributed by atoms with Gasteiger partial charge < -0.3 is 0 Å². The van der Waals surface area contributed by atoms with Crippen LogP contribution in [0.1, 0.15) is 29.2 Å². The molecule has 5 heteroatoms. The van der Waals surface area contributed by atoms with Gasteiger partial charge >= 0.3 is 0 Å². The van der Waals surface area contributed by atoms with Gasteiger partial charge in [-0.1, -0.05) is 47.0 Å². The Hall–Kier alpha value is -1.84. The van der Waals surface area contributed by atoms with Crippen molar-refractivity contribution in [1.82, 2.24) is 5.43 Å². The second kappa shape index (κ2) is 7.62. The Bertz CT molecular complexity index is 770. The third-order valence-electron chi connectivity index (χ3n) is 3.52. The van der Waals surface area contributed by atoms with Crippen molar-refractivity contribution in [2.24, 2.45) is 5.10 Å². The number of benzene rings is 2. The molecule has 0 aliphatic heterocycles. The van der Waals surface area contributed by atoms with E-state index in [0.717, 1.165) is 11.1 Å². The lowest BCUT2D eigenvalue weighted by Crippen LogP contribution is -2.21. The summed E-state index contributed by atoms with van der Waals surface area (Å²) < 4.78 is 0. The monoisotopic (exact) mass is 348 g/mol. The minimum Gasteiger partial charge on any atom is -0.273 e. The Labute approximate surface area is 146 Å². The lowest BCUT2D eigenvalue weighted by Gasteiger charge is -2.07. The van der Waals surface area contributed by atoms with E-state index in [4.69, 9.17) is 23.2 Å². The largest absolute Gasteiger partial charge is 0.273 e. The molecule has 0 heterocycles. The SMILES string of the molecule is C/C(=N\NC(=O)Cc1ccc(C)cc1C)c1cc(Cl)ccc1Cl. The molecule has 0 spiro atoms. The minimum atomic E-state index is -0.172. The molecule has 2 aromatic carbocycles. The molecule has 0 radical (unpaired) electrons. The third-order valence-corrected chi connectivity index (χ3v) is 4.08. The molecule has 1 N–H and O–H groups in total. The number of nitrogens with zero attached hydrogens (tertiary/aromatic N) is 1. The topological polar surface area (TPSA) is 41.5 Å². The first kappa shape index (κ1) is 17.5. The molecule has 0 atom stereocenters. The molecule has 0 aliphatic carbocycles. The fourth-order valence-electron chi connectivity index (χ4n) is 2.24. The Kier molecular flexibility index (Phi) is 5.80. The van der Waals surface area contributed by atoms with Crippen LogP contribution < -0.4 is 5.43 Å². The van der Waals surface area contributed by atoms with E-state index in [1.807, 2.05) is 26.0 Å². The molecule has 0 unspecified atom stereocenters. The van der Waals surface area contributed by atoms with E-state index in [2.05, 4.69) is 16.6 Å². The molecule has 2 aromatic rings. The summed E-state index contributed by atoms with van der Waals surface area (Å²) in [5, 5.41) is 5.22. The Morgan fingerprint density at radius 2 is 1.87 bits per heavy atom. The molecule has 3 nitrogen and oxygen atoms in total. The van der Waals surface area contributed by atoms with E-state index in [-0.39, 0.29) is 12.3 Å². The lowest BCUT2D eigenvalue weighted by atomic mass is 10.0. The molecular formula is C18H18Cl2N2O.